The molecule has 1 aromatic rings. The fourth-order valence-electron chi connectivity index (χ4n) is 1.39. The molecule has 0 amide bonds. The lowest BCUT2D eigenvalue weighted by atomic mass is 10.3. The van der Waals surface area contributed by atoms with Crippen molar-refractivity contribution >= 4 is 26.0 Å². The van der Waals surface area contributed by atoms with Crippen LogP contribution in [0.2, 0.25) is 0 Å². The minimum atomic E-state index is -5.02. The second-order valence-electron chi connectivity index (χ2n) is 3.87. The van der Waals surface area contributed by atoms with Crippen LogP contribution in [0.5, 0.6) is 5.75 Å². The average Bonchev–Trinajstić information content (AvgIpc) is 2.33. The van der Waals surface area contributed by atoms with E-state index in [1.54, 1.807) is 6.07 Å². The predicted octanol–water partition coefficient (Wildman–Crippen LogP) is 2.88. The monoisotopic (exact) mass is 386 g/mol. The molecule has 10 heteroatoms. The SMILES string of the molecule is CN(CCC#N)S(=O)(=O)c1ccc(Br)cc1OC(F)(F)F. The van der Waals surface area contributed by atoms with Crippen LogP contribution in [-0.4, -0.2) is 32.7 Å². The van der Waals surface area contributed by atoms with Gasteiger partial charge in [-0.2, -0.15) is 9.57 Å². The molecule has 0 atom stereocenters. The summed E-state index contributed by atoms with van der Waals surface area (Å²) < 4.78 is 66.3. The number of hydrogen-bond donors (Lipinski definition) is 0. The molecule has 0 saturated heterocycles. The first-order valence-corrected chi connectivity index (χ1v) is 7.70. The van der Waals surface area contributed by atoms with Gasteiger partial charge in [0.05, 0.1) is 6.07 Å². The number of sulfonamides is 1. The number of alkyl halides is 3. The molecular weight excluding hydrogens is 377 g/mol. The van der Waals surface area contributed by atoms with Crippen molar-refractivity contribution < 1.29 is 26.3 Å². The Labute approximate surface area is 128 Å². The molecule has 0 saturated carbocycles. The zero-order valence-electron chi connectivity index (χ0n) is 10.7. The van der Waals surface area contributed by atoms with Gasteiger partial charge in [0.15, 0.2) is 5.75 Å². The van der Waals surface area contributed by atoms with E-state index >= 15 is 0 Å². The summed E-state index contributed by atoms with van der Waals surface area (Å²) in [6.07, 6.45) is -5.10. The first kappa shape index (κ1) is 17.7. The van der Waals surface area contributed by atoms with E-state index in [9.17, 15) is 21.6 Å². The van der Waals surface area contributed by atoms with Crippen LogP contribution >= 0.6 is 15.9 Å². The number of benzene rings is 1. The molecule has 5 nitrogen and oxygen atoms in total. The predicted molar refractivity (Wildman–Crippen MR) is 70.9 cm³/mol. The Morgan fingerprint density at radius 3 is 2.57 bits per heavy atom. The zero-order chi connectivity index (χ0) is 16.3. The minimum Gasteiger partial charge on any atom is -0.404 e. The summed E-state index contributed by atoms with van der Waals surface area (Å²) in [6.45, 7) is -0.139. The van der Waals surface area contributed by atoms with Gasteiger partial charge in [-0.1, -0.05) is 15.9 Å². The van der Waals surface area contributed by atoms with E-state index in [0.29, 0.717) is 0 Å². The number of rotatable bonds is 5. The quantitative estimate of drug-likeness (QED) is 0.779. The topological polar surface area (TPSA) is 70.4 Å². The van der Waals surface area contributed by atoms with Crippen molar-refractivity contribution in [2.45, 2.75) is 17.7 Å². The molecule has 0 aliphatic carbocycles. The Morgan fingerprint density at radius 1 is 1.43 bits per heavy atom. The zero-order valence-corrected chi connectivity index (χ0v) is 13.1. The number of nitriles is 1. The minimum absolute atomic E-state index is 0.0816. The third-order valence-electron chi connectivity index (χ3n) is 2.36. The van der Waals surface area contributed by atoms with Crippen molar-refractivity contribution in [2.24, 2.45) is 0 Å². The van der Waals surface area contributed by atoms with Gasteiger partial charge < -0.3 is 4.74 Å². The highest BCUT2D eigenvalue weighted by atomic mass is 79.9. The van der Waals surface area contributed by atoms with Crippen molar-refractivity contribution in [1.29, 1.82) is 5.26 Å². The standard InChI is InChI=1S/C11H10BrF3N2O3S/c1-17(6-2-5-16)21(18,19)10-4-3-8(12)7-9(10)20-11(13,14)15/h3-4,7H,2,6H2,1H3. The second kappa shape index (κ2) is 6.64. The fourth-order valence-corrected chi connectivity index (χ4v) is 3.00. The van der Waals surface area contributed by atoms with E-state index in [2.05, 4.69) is 20.7 Å². The van der Waals surface area contributed by atoms with Crippen molar-refractivity contribution in [2.75, 3.05) is 13.6 Å². The maximum absolute atomic E-state index is 12.4. The van der Waals surface area contributed by atoms with E-state index in [-0.39, 0.29) is 17.4 Å². The highest BCUT2D eigenvalue weighted by molar-refractivity contribution is 9.10. The van der Waals surface area contributed by atoms with Gasteiger partial charge in [0.1, 0.15) is 4.90 Å². The normalized spacial score (nSPS) is 12.2. The first-order chi connectivity index (χ1) is 9.58. The lowest BCUT2D eigenvalue weighted by Gasteiger charge is -2.19. The van der Waals surface area contributed by atoms with Crippen molar-refractivity contribution in [3.05, 3.63) is 22.7 Å². The molecule has 1 rings (SSSR count). The van der Waals surface area contributed by atoms with E-state index in [1.807, 2.05) is 0 Å². The Hall–Kier alpha value is -1.31. The molecule has 0 N–H and O–H groups in total. The summed E-state index contributed by atoms with van der Waals surface area (Å²) in [6, 6.07) is 4.96. The largest absolute Gasteiger partial charge is 0.573 e. The van der Waals surface area contributed by atoms with Crippen LogP contribution in [0.25, 0.3) is 0 Å². The lowest BCUT2D eigenvalue weighted by molar-refractivity contribution is -0.275. The van der Waals surface area contributed by atoms with Crippen LogP contribution in [0.3, 0.4) is 0 Å². The van der Waals surface area contributed by atoms with E-state index in [0.717, 1.165) is 16.4 Å². The molecular formula is C11H10BrF3N2O3S. The smallest absolute Gasteiger partial charge is 0.404 e. The highest BCUT2D eigenvalue weighted by Gasteiger charge is 2.35. The molecule has 0 aliphatic heterocycles. The summed E-state index contributed by atoms with van der Waals surface area (Å²) >= 11 is 2.95. The van der Waals surface area contributed by atoms with E-state index in [4.69, 9.17) is 5.26 Å². The molecule has 0 bridgehead atoms. The van der Waals surface area contributed by atoms with Crippen molar-refractivity contribution in [1.82, 2.24) is 4.31 Å². The molecule has 0 aliphatic rings. The van der Waals surface area contributed by atoms with E-state index in [1.165, 1.54) is 13.1 Å². The van der Waals surface area contributed by atoms with Crippen LogP contribution in [-0.2, 0) is 10.0 Å². The summed E-state index contributed by atoms with van der Waals surface area (Å²) in [5, 5.41) is 8.44. The molecule has 0 aromatic heterocycles. The van der Waals surface area contributed by atoms with Gasteiger partial charge in [-0.15, -0.1) is 13.2 Å². The van der Waals surface area contributed by atoms with Crippen LogP contribution in [0, 0.1) is 11.3 Å². The Bertz CT molecular complexity index is 656. The Morgan fingerprint density at radius 2 is 2.05 bits per heavy atom. The van der Waals surface area contributed by atoms with Crippen molar-refractivity contribution in [3.8, 4) is 11.8 Å². The molecule has 0 spiro atoms. The molecule has 0 unspecified atom stereocenters. The number of ether oxygens (including phenoxy) is 1. The van der Waals surface area contributed by atoms with Gasteiger partial charge >= 0.3 is 6.36 Å². The average molecular weight is 387 g/mol. The van der Waals surface area contributed by atoms with Crippen LogP contribution < -0.4 is 4.74 Å². The molecule has 116 valence electrons. The maximum atomic E-state index is 12.4. The van der Waals surface area contributed by atoms with Gasteiger partial charge in [0.2, 0.25) is 10.0 Å². The summed E-state index contributed by atoms with van der Waals surface area (Å²) in [4.78, 5) is -0.622. The van der Waals surface area contributed by atoms with Gasteiger partial charge in [-0.05, 0) is 18.2 Å². The molecule has 0 fully saturated rings. The highest BCUT2D eigenvalue weighted by Crippen LogP contribution is 2.33. The second-order valence-corrected chi connectivity index (χ2v) is 6.80. The number of halogens is 4. The third kappa shape index (κ3) is 4.87. The van der Waals surface area contributed by atoms with Gasteiger partial charge in [-0.25, -0.2) is 8.42 Å². The van der Waals surface area contributed by atoms with Gasteiger partial charge in [0.25, 0.3) is 0 Å². The van der Waals surface area contributed by atoms with Crippen LogP contribution in [0.1, 0.15) is 6.42 Å². The summed E-state index contributed by atoms with van der Waals surface area (Å²) in [5.74, 6) is -0.833. The molecule has 0 radical (unpaired) electrons. The molecule has 21 heavy (non-hydrogen) atoms. The molecule has 1 aromatic carbocycles. The molecule has 0 heterocycles. The lowest BCUT2D eigenvalue weighted by Crippen LogP contribution is -2.29. The summed E-state index contributed by atoms with van der Waals surface area (Å²) in [5.41, 5.74) is 0. The first-order valence-electron chi connectivity index (χ1n) is 5.46. The van der Waals surface area contributed by atoms with Gasteiger partial charge in [-0.3, -0.25) is 0 Å². The Kier molecular flexibility index (Phi) is 5.61. The maximum Gasteiger partial charge on any atom is 0.573 e. The van der Waals surface area contributed by atoms with Crippen LogP contribution in [0.4, 0.5) is 13.2 Å². The number of hydrogen-bond acceptors (Lipinski definition) is 4. The Balaban J connectivity index is 3.26. The third-order valence-corrected chi connectivity index (χ3v) is 4.75. The van der Waals surface area contributed by atoms with E-state index < -0.39 is 27.0 Å². The van der Waals surface area contributed by atoms with Crippen molar-refractivity contribution in [3.63, 3.8) is 0 Å². The summed E-state index contributed by atoms with van der Waals surface area (Å²) in [7, 11) is -3.02. The fraction of sp³-hybridized carbons (Fsp3) is 0.364. The van der Waals surface area contributed by atoms with Crippen LogP contribution in [0.15, 0.2) is 27.6 Å². The number of nitrogens with zero attached hydrogens (tertiary/aromatic N) is 2. The van der Waals surface area contributed by atoms with Gasteiger partial charge in [0, 0.05) is 24.5 Å².